The highest BCUT2D eigenvalue weighted by molar-refractivity contribution is 6.16. The molecule has 0 fully saturated rings. The summed E-state index contributed by atoms with van der Waals surface area (Å²) in [6, 6.07) is 12.5. The molecule has 0 aliphatic rings. The number of fused-ring (bicyclic) bond motifs is 1. The minimum atomic E-state index is -0.198. The van der Waals surface area contributed by atoms with E-state index in [1.807, 2.05) is 25.1 Å². The monoisotopic (exact) mass is 370 g/mol. The molecule has 0 bridgehead atoms. The van der Waals surface area contributed by atoms with Crippen LogP contribution in [-0.2, 0) is 0 Å². The molecular weight excluding hydrogens is 352 g/mol. The van der Waals surface area contributed by atoms with Crippen molar-refractivity contribution in [2.45, 2.75) is 6.92 Å². The number of H-pyrrole nitrogens is 1. The van der Waals surface area contributed by atoms with E-state index in [1.165, 1.54) is 0 Å². The van der Waals surface area contributed by atoms with E-state index in [2.05, 4.69) is 20.3 Å². The van der Waals surface area contributed by atoms with Crippen LogP contribution < -0.4 is 5.32 Å². The zero-order valence-corrected chi connectivity index (χ0v) is 15.3. The first-order valence-corrected chi connectivity index (χ1v) is 8.98. The standard InChI is InChI=1S/C22H18N4O2/c1-2-24-22(28)15-6-3-5-14(9-15)20(27)19-13-26-21-18(19)10-17(12-25-21)16-7-4-8-23-11-16/h3-13H,2H2,1H3,(H,24,28)(H,25,26). The summed E-state index contributed by atoms with van der Waals surface area (Å²) >= 11 is 0. The van der Waals surface area contributed by atoms with Crippen molar-refractivity contribution in [2.24, 2.45) is 0 Å². The molecule has 0 aliphatic heterocycles. The number of nitrogens with one attached hydrogen (secondary N) is 2. The number of hydrogen-bond donors (Lipinski definition) is 2. The molecule has 0 unspecified atom stereocenters. The predicted molar refractivity (Wildman–Crippen MR) is 107 cm³/mol. The van der Waals surface area contributed by atoms with E-state index < -0.39 is 0 Å². The molecule has 0 spiro atoms. The maximum absolute atomic E-state index is 13.1. The molecule has 6 nitrogen and oxygen atoms in total. The van der Waals surface area contributed by atoms with E-state index in [1.54, 1.807) is 49.1 Å². The van der Waals surface area contributed by atoms with Crippen molar-refractivity contribution in [2.75, 3.05) is 6.54 Å². The van der Waals surface area contributed by atoms with Crippen molar-refractivity contribution >= 4 is 22.7 Å². The number of carbonyl (C=O) groups excluding carboxylic acids is 2. The molecule has 0 saturated heterocycles. The Morgan fingerprint density at radius 3 is 2.68 bits per heavy atom. The number of amides is 1. The van der Waals surface area contributed by atoms with Crippen molar-refractivity contribution in [1.82, 2.24) is 20.3 Å². The number of hydrogen-bond acceptors (Lipinski definition) is 4. The number of carbonyl (C=O) groups is 2. The van der Waals surface area contributed by atoms with Gasteiger partial charge >= 0.3 is 0 Å². The van der Waals surface area contributed by atoms with Crippen LogP contribution in [0, 0.1) is 0 Å². The third-order valence-electron chi connectivity index (χ3n) is 4.49. The lowest BCUT2D eigenvalue weighted by molar-refractivity contribution is 0.0956. The number of pyridine rings is 2. The second-order valence-electron chi connectivity index (χ2n) is 6.33. The molecule has 2 N–H and O–H groups in total. The van der Waals surface area contributed by atoms with Gasteiger partial charge in [-0.2, -0.15) is 0 Å². The Labute approximate surface area is 161 Å². The summed E-state index contributed by atoms with van der Waals surface area (Å²) in [5, 5.41) is 3.48. The molecule has 1 amide bonds. The van der Waals surface area contributed by atoms with Gasteiger partial charge in [0.1, 0.15) is 5.65 Å². The number of nitrogens with zero attached hydrogens (tertiary/aromatic N) is 2. The zero-order valence-electron chi connectivity index (χ0n) is 15.3. The van der Waals surface area contributed by atoms with Gasteiger partial charge in [-0.25, -0.2) is 4.98 Å². The summed E-state index contributed by atoms with van der Waals surface area (Å²) < 4.78 is 0. The van der Waals surface area contributed by atoms with E-state index >= 15 is 0 Å². The Hall–Kier alpha value is -3.80. The summed E-state index contributed by atoms with van der Waals surface area (Å²) in [6.45, 7) is 2.38. The van der Waals surface area contributed by atoms with E-state index in [-0.39, 0.29) is 11.7 Å². The second-order valence-corrected chi connectivity index (χ2v) is 6.33. The zero-order chi connectivity index (χ0) is 19.5. The van der Waals surface area contributed by atoms with Gasteiger partial charge in [0, 0.05) is 64.5 Å². The third kappa shape index (κ3) is 3.27. The topological polar surface area (TPSA) is 87.7 Å². The largest absolute Gasteiger partial charge is 0.352 e. The minimum absolute atomic E-state index is 0.164. The fraction of sp³-hybridized carbons (Fsp3) is 0.0909. The first-order valence-electron chi connectivity index (χ1n) is 8.98. The number of aromatic nitrogens is 3. The number of rotatable bonds is 5. The predicted octanol–water partition coefficient (Wildman–Crippen LogP) is 3.61. The van der Waals surface area contributed by atoms with Crippen molar-refractivity contribution < 1.29 is 9.59 Å². The van der Waals surface area contributed by atoms with Crippen LogP contribution in [0.15, 0.2) is 67.3 Å². The summed E-state index contributed by atoms with van der Waals surface area (Å²) in [6.07, 6.45) is 6.88. The highest BCUT2D eigenvalue weighted by atomic mass is 16.1. The summed E-state index contributed by atoms with van der Waals surface area (Å²) in [5.41, 5.74) is 3.87. The lowest BCUT2D eigenvalue weighted by atomic mass is 10.00. The van der Waals surface area contributed by atoms with Crippen molar-refractivity contribution in [1.29, 1.82) is 0 Å². The molecule has 3 aromatic heterocycles. The molecule has 138 valence electrons. The van der Waals surface area contributed by atoms with Crippen molar-refractivity contribution in [3.8, 4) is 11.1 Å². The van der Waals surface area contributed by atoms with Crippen LogP contribution in [0.5, 0.6) is 0 Å². The molecule has 4 rings (SSSR count). The van der Waals surface area contributed by atoms with Gasteiger partial charge in [-0.05, 0) is 31.2 Å². The lowest BCUT2D eigenvalue weighted by Crippen LogP contribution is -2.22. The van der Waals surface area contributed by atoms with Crippen molar-refractivity contribution in [3.05, 3.63) is 83.9 Å². The van der Waals surface area contributed by atoms with E-state index in [0.29, 0.717) is 28.9 Å². The lowest BCUT2D eigenvalue weighted by Gasteiger charge is -2.05. The second kappa shape index (κ2) is 7.44. The summed E-state index contributed by atoms with van der Waals surface area (Å²) in [4.78, 5) is 36.8. The Morgan fingerprint density at radius 2 is 1.89 bits per heavy atom. The van der Waals surface area contributed by atoms with Gasteiger partial charge in [0.25, 0.3) is 5.91 Å². The van der Waals surface area contributed by atoms with E-state index in [9.17, 15) is 9.59 Å². The molecule has 0 aliphatic carbocycles. The smallest absolute Gasteiger partial charge is 0.251 e. The Bertz CT molecular complexity index is 1170. The first-order chi connectivity index (χ1) is 13.7. The highest BCUT2D eigenvalue weighted by Crippen LogP contribution is 2.26. The quantitative estimate of drug-likeness (QED) is 0.525. The third-order valence-corrected chi connectivity index (χ3v) is 4.49. The maximum atomic E-state index is 13.1. The van der Waals surface area contributed by atoms with Crippen LogP contribution in [0.1, 0.15) is 33.2 Å². The minimum Gasteiger partial charge on any atom is -0.352 e. The fourth-order valence-corrected chi connectivity index (χ4v) is 3.10. The van der Waals surface area contributed by atoms with Gasteiger partial charge in [-0.1, -0.05) is 18.2 Å². The maximum Gasteiger partial charge on any atom is 0.251 e. The number of aromatic amines is 1. The average molecular weight is 370 g/mol. The molecule has 0 saturated carbocycles. The number of benzene rings is 1. The highest BCUT2D eigenvalue weighted by Gasteiger charge is 2.17. The van der Waals surface area contributed by atoms with E-state index in [0.717, 1.165) is 16.5 Å². The van der Waals surface area contributed by atoms with Gasteiger partial charge in [0.2, 0.25) is 0 Å². The normalized spacial score (nSPS) is 10.8. The molecule has 4 aromatic rings. The molecule has 0 atom stereocenters. The van der Waals surface area contributed by atoms with Crippen LogP contribution >= 0.6 is 0 Å². The van der Waals surface area contributed by atoms with E-state index in [4.69, 9.17) is 0 Å². The van der Waals surface area contributed by atoms with Gasteiger partial charge in [0.05, 0.1) is 0 Å². The molecule has 6 heteroatoms. The fourth-order valence-electron chi connectivity index (χ4n) is 3.10. The molecule has 0 radical (unpaired) electrons. The van der Waals surface area contributed by atoms with Crippen LogP contribution in [-0.4, -0.2) is 33.2 Å². The first kappa shape index (κ1) is 17.6. The van der Waals surface area contributed by atoms with Crippen LogP contribution in [0.4, 0.5) is 0 Å². The van der Waals surface area contributed by atoms with Crippen LogP contribution in [0.3, 0.4) is 0 Å². The van der Waals surface area contributed by atoms with Crippen LogP contribution in [0.2, 0.25) is 0 Å². The molecule has 28 heavy (non-hydrogen) atoms. The number of ketones is 1. The van der Waals surface area contributed by atoms with Gasteiger partial charge in [0.15, 0.2) is 5.78 Å². The Morgan fingerprint density at radius 1 is 1.04 bits per heavy atom. The SMILES string of the molecule is CCNC(=O)c1cccc(C(=O)c2c[nH]c3ncc(-c4cccnc4)cc23)c1. The molecular formula is C22H18N4O2. The van der Waals surface area contributed by atoms with Crippen molar-refractivity contribution in [3.63, 3.8) is 0 Å². The van der Waals surface area contributed by atoms with Crippen LogP contribution in [0.25, 0.3) is 22.2 Å². The molecule has 3 heterocycles. The molecule has 1 aromatic carbocycles. The summed E-state index contributed by atoms with van der Waals surface area (Å²) in [5.74, 6) is -0.362. The van der Waals surface area contributed by atoms with Gasteiger partial charge in [-0.15, -0.1) is 0 Å². The van der Waals surface area contributed by atoms with Gasteiger partial charge < -0.3 is 10.3 Å². The Balaban J connectivity index is 1.74. The van der Waals surface area contributed by atoms with Gasteiger partial charge in [-0.3, -0.25) is 14.6 Å². The summed E-state index contributed by atoms with van der Waals surface area (Å²) in [7, 11) is 0. The Kier molecular flexibility index (Phi) is 4.68. The average Bonchev–Trinajstić information content (AvgIpc) is 3.17.